The number of carbonyl (C=O) groups is 2. The van der Waals surface area contributed by atoms with E-state index in [1.165, 1.54) is 0 Å². The molecule has 7 nitrogen and oxygen atoms in total. The first-order valence-electron chi connectivity index (χ1n) is 4.15. The van der Waals surface area contributed by atoms with Gasteiger partial charge in [0.25, 0.3) is 0 Å². The van der Waals surface area contributed by atoms with Crippen LogP contribution in [0.25, 0.3) is 0 Å². The molecule has 88 valence electrons. The Morgan fingerprint density at radius 2 is 1.93 bits per heavy atom. The minimum atomic E-state index is -3.42. The van der Waals surface area contributed by atoms with Crippen LogP contribution in [0.15, 0.2) is 0 Å². The lowest BCUT2D eigenvalue weighted by atomic mass is 9.90. The lowest BCUT2D eigenvalue weighted by Gasteiger charge is -2.29. The van der Waals surface area contributed by atoms with E-state index in [9.17, 15) is 14.2 Å². The van der Waals surface area contributed by atoms with Crippen molar-refractivity contribution in [2.75, 3.05) is 6.54 Å². The molecule has 0 radical (unpaired) electrons. The molecule has 0 rings (SSSR count). The third-order valence-electron chi connectivity index (χ3n) is 2.41. The number of hydrogen-bond acceptors (Lipinski definition) is 4. The maximum Gasteiger partial charge on any atom is 0.319 e. The molecular formula is C7H14NO6P. The summed E-state index contributed by atoms with van der Waals surface area (Å²) in [6.45, 7) is 0.767. The Morgan fingerprint density at radius 3 is 2.13 bits per heavy atom. The predicted octanol–water partition coefficient (Wildman–Crippen LogP) is -0.654. The summed E-state index contributed by atoms with van der Waals surface area (Å²) in [4.78, 5) is 30.3. The van der Waals surface area contributed by atoms with E-state index in [0.29, 0.717) is 0 Å². The average molecular weight is 239 g/mol. The van der Waals surface area contributed by atoms with Gasteiger partial charge in [-0.1, -0.05) is 0 Å². The van der Waals surface area contributed by atoms with Gasteiger partial charge in [-0.15, -0.1) is 0 Å². The van der Waals surface area contributed by atoms with Crippen LogP contribution < -0.4 is 5.73 Å². The lowest BCUT2D eigenvalue weighted by molar-refractivity contribution is -0.143. The van der Waals surface area contributed by atoms with Crippen LogP contribution in [-0.4, -0.2) is 38.7 Å². The first kappa shape index (κ1) is 14.1. The van der Waals surface area contributed by atoms with E-state index in [1.54, 1.807) is 0 Å². The van der Waals surface area contributed by atoms with Crippen LogP contribution in [0, 0.1) is 5.92 Å². The van der Waals surface area contributed by atoms with Crippen molar-refractivity contribution in [2.24, 2.45) is 11.7 Å². The molecule has 0 aromatic heterocycles. The number of carboxylic acids is 2. The van der Waals surface area contributed by atoms with Gasteiger partial charge in [0.15, 0.2) is 0 Å². The van der Waals surface area contributed by atoms with Crippen molar-refractivity contribution < 1.29 is 29.3 Å². The second-order valence-corrected chi connectivity index (χ2v) is 4.99. The van der Waals surface area contributed by atoms with E-state index in [1.807, 2.05) is 0 Å². The fraction of sp³-hybridized carbons (Fsp3) is 0.714. The summed E-state index contributed by atoms with van der Waals surface area (Å²) in [5.41, 5.74) is 5.22. The third-order valence-corrected chi connectivity index (χ3v) is 3.92. The highest BCUT2D eigenvalue weighted by atomic mass is 31.1. The Hall–Kier alpha value is -0.910. The summed E-state index contributed by atoms with van der Waals surface area (Å²) >= 11 is 0. The maximum absolute atomic E-state index is 11.0. The fourth-order valence-corrected chi connectivity index (χ4v) is 1.93. The van der Waals surface area contributed by atoms with Gasteiger partial charge in [0.05, 0.1) is 6.42 Å². The molecule has 0 aromatic carbocycles. The second-order valence-electron chi connectivity index (χ2n) is 3.34. The molecule has 15 heavy (non-hydrogen) atoms. The van der Waals surface area contributed by atoms with Crippen molar-refractivity contribution in [3.8, 4) is 0 Å². The largest absolute Gasteiger partial charge is 0.481 e. The van der Waals surface area contributed by atoms with Gasteiger partial charge in [-0.3, -0.25) is 14.2 Å². The van der Waals surface area contributed by atoms with Crippen molar-refractivity contribution in [1.29, 1.82) is 0 Å². The van der Waals surface area contributed by atoms with E-state index in [0.717, 1.165) is 6.92 Å². The zero-order valence-electron chi connectivity index (χ0n) is 8.14. The topological polar surface area (TPSA) is 138 Å². The van der Waals surface area contributed by atoms with Gasteiger partial charge in [0, 0.05) is 5.92 Å². The summed E-state index contributed by atoms with van der Waals surface area (Å²) in [6, 6.07) is 0. The summed E-state index contributed by atoms with van der Waals surface area (Å²) in [6.07, 6.45) is -0.545. The van der Waals surface area contributed by atoms with Gasteiger partial charge in [0.2, 0.25) is 8.03 Å². The van der Waals surface area contributed by atoms with E-state index >= 15 is 0 Å². The van der Waals surface area contributed by atoms with Gasteiger partial charge in [0.1, 0.15) is 5.16 Å². The zero-order chi connectivity index (χ0) is 12.2. The van der Waals surface area contributed by atoms with E-state index in [2.05, 4.69) is 0 Å². The molecule has 0 aliphatic rings. The van der Waals surface area contributed by atoms with Crippen LogP contribution in [-0.2, 0) is 14.2 Å². The highest BCUT2D eigenvalue weighted by Crippen LogP contribution is 2.42. The Balaban J connectivity index is 5.11. The summed E-state index contributed by atoms with van der Waals surface area (Å²) in [7, 11) is -3.42. The number of carboxylic acid groups (broad SMARTS) is 2. The molecule has 3 unspecified atom stereocenters. The molecule has 0 aliphatic carbocycles. The Kier molecular flexibility index (Phi) is 4.93. The van der Waals surface area contributed by atoms with E-state index in [4.69, 9.17) is 20.8 Å². The van der Waals surface area contributed by atoms with Crippen molar-refractivity contribution in [3.63, 3.8) is 0 Å². The van der Waals surface area contributed by atoms with Crippen LogP contribution in [0.2, 0.25) is 0 Å². The molecule has 0 fully saturated rings. The molecule has 0 saturated carbocycles. The van der Waals surface area contributed by atoms with E-state index in [-0.39, 0.29) is 6.54 Å². The lowest BCUT2D eigenvalue weighted by Crippen LogP contribution is -2.44. The summed E-state index contributed by atoms with van der Waals surface area (Å²) in [5.74, 6) is -3.82. The molecule has 5 N–H and O–H groups in total. The van der Waals surface area contributed by atoms with Gasteiger partial charge < -0.3 is 20.8 Å². The van der Waals surface area contributed by atoms with Gasteiger partial charge in [-0.05, 0) is 13.5 Å². The highest BCUT2D eigenvalue weighted by molar-refractivity contribution is 7.41. The molecular weight excluding hydrogens is 225 g/mol. The number of rotatable bonds is 6. The molecule has 0 bridgehead atoms. The van der Waals surface area contributed by atoms with Crippen LogP contribution in [0.4, 0.5) is 0 Å². The normalized spacial score (nSPS) is 18.9. The zero-order valence-corrected chi connectivity index (χ0v) is 9.14. The fourth-order valence-electron chi connectivity index (χ4n) is 1.17. The molecule has 0 aliphatic heterocycles. The molecule has 0 heterocycles. The standard InChI is InChI=1S/C7H14NO6P/c1-7(6(11)12,15(13)14)4(3-8)2-5(9)10/h4,15H,2-3,8H2,1H3,(H,9,10)(H,11,12)(H,13,14). The van der Waals surface area contributed by atoms with Crippen molar-refractivity contribution in [1.82, 2.24) is 0 Å². The predicted molar refractivity (Wildman–Crippen MR) is 52.1 cm³/mol. The molecule has 8 heteroatoms. The molecule has 0 aromatic rings. The third kappa shape index (κ3) is 3.02. The molecule has 0 amide bonds. The van der Waals surface area contributed by atoms with Crippen LogP contribution >= 0.6 is 8.03 Å². The van der Waals surface area contributed by atoms with Crippen LogP contribution in [0.1, 0.15) is 13.3 Å². The number of hydrogen-bond donors (Lipinski definition) is 4. The smallest absolute Gasteiger partial charge is 0.319 e. The molecule has 0 saturated heterocycles. The molecule has 3 atom stereocenters. The molecule has 0 spiro atoms. The SMILES string of the molecule is CC(C(=O)O)(C(CN)CC(=O)O)[PH](=O)O. The maximum atomic E-state index is 11.0. The van der Waals surface area contributed by atoms with Crippen molar-refractivity contribution in [3.05, 3.63) is 0 Å². The minimum absolute atomic E-state index is 0.272. The number of nitrogens with two attached hydrogens (primary N) is 1. The second kappa shape index (κ2) is 5.25. The van der Waals surface area contributed by atoms with Gasteiger partial charge in [-0.25, -0.2) is 0 Å². The Labute approximate surface area is 86.8 Å². The first-order chi connectivity index (χ1) is 6.76. The minimum Gasteiger partial charge on any atom is -0.481 e. The van der Waals surface area contributed by atoms with Crippen LogP contribution in [0.3, 0.4) is 0 Å². The summed E-state index contributed by atoms with van der Waals surface area (Å²) < 4.78 is 11.0. The van der Waals surface area contributed by atoms with Crippen LogP contribution in [0.5, 0.6) is 0 Å². The monoisotopic (exact) mass is 239 g/mol. The summed E-state index contributed by atoms with van der Waals surface area (Å²) in [5, 5.41) is 15.4. The van der Waals surface area contributed by atoms with Crippen molar-refractivity contribution in [2.45, 2.75) is 18.5 Å². The Bertz CT molecular complexity index is 277. The van der Waals surface area contributed by atoms with Crippen molar-refractivity contribution >= 4 is 20.0 Å². The highest BCUT2D eigenvalue weighted by Gasteiger charge is 2.46. The number of aliphatic carboxylic acids is 2. The average Bonchev–Trinajstić information content (AvgIpc) is 2.11. The van der Waals surface area contributed by atoms with E-state index < -0.39 is 37.5 Å². The van der Waals surface area contributed by atoms with Gasteiger partial charge in [-0.2, -0.15) is 0 Å². The first-order valence-corrected chi connectivity index (χ1v) is 5.51. The Morgan fingerprint density at radius 1 is 1.47 bits per heavy atom. The quantitative estimate of drug-likeness (QED) is 0.451. The van der Waals surface area contributed by atoms with Gasteiger partial charge >= 0.3 is 11.9 Å².